The molecule has 26 heteroatoms. The van der Waals surface area contributed by atoms with Crippen LogP contribution in [0.1, 0.15) is 129 Å². The average Bonchev–Trinajstić information content (AvgIpc) is 1.64. The van der Waals surface area contributed by atoms with Crippen LogP contribution < -0.4 is 30.9 Å². The summed E-state index contributed by atoms with van der Waals surface area (Å²) in [6, 6.07) is 18.2. The molecule has 9 N–H and O–H groups in total. The molecule has 2 aliphatic heterocycles. The molecule has 2 atom stereocenters. The van der Waals surface area contributed by atoms with Gasteiger partial charge in [0.05, 0.1) is 35.9 Å². The Morgan fingerprint density at radius 3 is 2.02 bits per heavy atom. The molecule has 4 amide bonds. The van der Waals surface area contributed by atoms with Gasteiger partial charge in [-0.05, 0) is 144 Å². The number of nitrogens with one attached hydrogen (secondary N) is 4. The lowest BCUT2D eigenvalue weighted by molar-refractivity contribution is -0.438. The number of ether oxygens (including phenoxy) is 3. The zero-order valence-electron chi connectivity index (χ0n) is 51.4. The number of nitrogens with zero attached hydrogens (tertiary/aromatic N) is 2. The van der Waals surface area contributed by atoms with Crippen LogP contribution >= 0.6 is 0 Å². The van der Waals surface area contributed by atoms with Gasteiger partial charge in [0.25, 0.3) is 20.2 Å². The topological polar surface area (TPSA) is 354 Å². The van der Waals surface area contributed by atoms with Gasteiger partial charge in [-0.2, -0.15) is 21.4 Å². The summed E-state index contributed by atoms with van der Waals surface area (Å²) in [5, 5.41) is 37.3. The fraction of sp³-hybridized carbons (Fsp3) is 0.484. The Morgan fingerprint density at radius 1 is 0.667 bits per heavy atom. The van der Waals surface area contributed by atoms with Gasteiger partial charge >= 0.3 is 23.9 Å². The van der Waals surface area contributed by atoms with E-state index in [0.29, 0.717) is 76.0 Å². The molecule has 0 radical (unpaired) electrons. The molecule has 1 aliphatic carbocycles. The third-order valence-electron chi connectivity index (χ3n) is 15.9. The molecular weight excluding hydrogens is 1200 g/mol. The van der Waals surface area contributed by atoms with Crippen LogP contribution in [0.4, 0.5) is 16.2 Å². The van der Waals surface area contributed by atoms with Crippen molar-refractivity contribution in [3.63, 3.8) is 0 Å². The number of urea groups is 1. The maximum Gasteiger partial charge on any atom is 0.326 e. The SMILES string of the molecule is CC1(C)C(/C=C/C2=C(Oc3ccc(S(=O)(=O)O)cc3)C(=C/C=C3/N(CCCCS(=O)(=O)O)c4ccccc4C3(C)C)/CCC2)=[N+](CCCCCC(=O)NCCOCCOCC(=O)NCCCC[C@@H](NC(=O)N[C@@H](CCC(=O)O)C(=O)O)C(=O)O)c2ccccc21. The third-order valence-corrected chi connectivity index (χ3v) is 17.6. The van der Waals surface area contributed by atoms with Gasteiger partial charge in [-0.25, -0.2) is 14.4 Å². The number of hydrogen-bond donors (Lipinski definition) is 9. The van der Waals surface area contributed by atoms with E-state index in [9.17, 15) is 64.9 Å². The van der Waals surface area contributed by atoms with Crippen LogP contribution in [0.5, 0.6) is 5.75 Å². The predicted molar refractivity (Wildman–Crippen MR) is 336 cm³/mol. The first-order valence-electron chi connectivity index (χ1n) is 30.3. The van der Waals surface area contributed by atoms with E-state index in [-0.39, 0.29) is 74.3 Å². The van der Waals surface area contributed by atoms with Gasteiger partial charge < -0.3 is 55.7 Å². The summed E-state index contributed by atoms with van der Waals surface area (Å²) in [7, 11) is -8.55. The minimum atomic E-state index is -4.45. The van der Waals surface area contributed by atoms with Crippen molar-refractivity contribution in [2.24, 2.45) is 0 Å². The number of fused-ring (bicyclic) bond motifs is 2. The molecule has 3 aliphatic rings. The fourth-order valence-electron chi connectivity index (χ4n) is 11.2. The molecule has 0 unspecified atom stereocenters. The number of unbranched alkanes of at least 4 members (excludes halogenated alkanes) is 4. The smallest absolute Gasteiger partial charge is 0.326 e. The van der Waals surface area contributed by atoms with Crippen LogP contribution in [-0.2, 0) is 64.5 Å². The van der Waals surface area contributed by atoms with Crippen molar-refractivity contribution in [2.75, 3.05) is 63.3 Å². The van der Waals surface area contributed by atoms with E-state index in [1.165, 1.54) is 29.8 Å². The van der Waals surface area contributed by atoms with Gasteiger partial charge in [-0.3, -0.25) is 23.5 Å². The number of carboxylic acid groups (broad SMARTS) is 3. The highest BCUT2D eigenvalue weighted by Crippen LogP contribution is 2.48. The molecule has 0 spiro atoms. The van der Waals surface area contributed by atoms with Gasteiger partial charge in [0.2, 0.25) is 17.5 Å². The highest BCUT2D eigenvalue weighted by Gasteiger charge is 2.44. The number of anilines is 1. The highest BCUT2D eigenvalue weighted by molar-refractivity contribution is 7.86. The van der Waals surface area contributed by atoms with Gasteiger partial charge in [0.1, 0.15) is 36.7 Å². The Hall–Kier alpha value is -7.75. The summed E-state index contributed by atoms with van der Waals surface area (Å²) in [6.07, 6.45) is 13.8. The van der Waals surface area contributed by atoms with E-state index in [4.69, 9.17) is 19.3 Å². The Morgan fingerprint density at radius 2 is 1.33 bits per heavy atom. The van der Waals surface area contributed by atoms with Crippen LogP contribution in [0.15, 0.2) is 125 Å². The number of carboxylic acids is 3. The molecule has 6 rings (SSSR count). The predicted octanol–water partition coefficient (Wildman–Crippen LogP) is 7.73. The molecule has 0 bridgehead atoms. The number of carbonyl (C=O) groups is 6. The Bertz CT molecular complexity index is 3450. The summed E-state index contributed by atoms with van der Waals surface area (Å²) in [5.74, 6) is -3.89. The summed E-state index contributed by atoms with van der Waals surface area (Å²) in [4.78, 5) is 73.0. The van der Waals surface area contributed by atoms with E-state index >= 15 is 0 Å². The molecule has 90 heavy (non-hydrogen) atoms. The Labute approximate surface area is 526 Å². The number of carbonyl (C=O) groups excluding carboxylic acids is 3. The summed E-state index contributed by atoms with van der Waals surface area (Å²) in [6.45, 7) is 10.7. The fourth-order valence-corrected chi connectivity index (χ4v) is 12.2. The summed E-state index contributed by atoms with van der Waals surface area (Å²) in [5.41, 5.74) is 7.58. The van der Waals surface area contributed by atoms with Crippen LogP contribution in [-0.4, -0.2) is 158 Å². The molecule has 3 aromatic carbocycles. The lowest BCUT2D eigenvalue weighted by Crippen LogP contribution is -2.51. The minimum Gasteiger partial charge on any atom is -0.481 e. The van der Waals surface area contributed by atoms with Crippen molar-refractivity contribution in [3.05, 3.63) is 131 Å². The van der Waals surface area contributed by atoms with Gasteiger partial charge in [-0.15, -0.1) is 0 Å². The summed E-state index contributed by atoms with van der Waals surface area (Å²) < 4.78 is 86.3. The second-order valence-corrected chi connectivity index (χ2v) is 26.3. The maximum atomic E-state index is 12.8. The number of rotatable bonds is 37. The number of aliphatic carboxylic acids is 3. The molecule has 0 fully saturated rings. The summed E-state index contributed by atoms with van der Waals surface area (Å²) >= 11 is 0. The molecule has 490 valence electrons. The van der Waals surface area contributed by atoms with E-state index in [2.05, 4.69) is 107 Å². The van der Waals surface area contributed by atoms with E-state index in [1.54, 1.807) is 0 Å². The first kappa shape index (κ1) is 71.3. The monoisotopic (exact) mass is 1290 g/mol. The molecule has 24 nitrogen and oxygen atoms in total. The third kappa shape index (κ3) is 21.2. The average molecular weight is 1290 g/mol. The van der Waals surface area contributed by atoms with Crippen molar-refractivity contribution < 1.29 is 88.8 Å². The normalized spacial score (nSPS) is 16.8. The first-order valence-corrected chi connectivity index (χ1v) is 33.3. The largest absolute Gasteiger partial charge is 0.481 e. The second kappa shape index (κ2) is 33.4. The maximum absolute atomic E-state index is 12.8. The Kier molecular flexibility index (Phi) is 26.4. The van der Waals surface area contributed by atoms with Crippen molar-refractivity contribution in [1.29, 1.82) is 0 Å². The lowest BCUT2D eigenvalue weighted by atomic mass is 9.81. The lowest BCUT2D eigenvalue weighted by Gasteiger charge is -2.27. The molecule has 3 aromatic rings. The van der Waals surface area contributed by atoms with Crippen LogP contribution in [0, 0.1) is 0 Å². The number of allylic oxidation sites excluding steroid dienone is 7. The first-order chi connectivity index (χ1) is 42.7. The second-order valence-electron chi connectivity index (χ2n) is 23.3. The van der Waals surface area contributed by atoms with Gasteiger partial charge in [-0.1, -0.05) is 56.3 Å². The molecule has 0 saturated carbocycles. The quantitative estimate of drug-likeness (QED) is 0.0151. The van der Waals surface area contributed by atoms with E-state index in [0.717, 1.165) is 58.8 Å². The zero-order chi connectivity index (χ0) is 65.7. The zero-order valence-corrected chi connectivity index (χ0v) is 53.0. The molecule has 0 saturated heterocycles. The number of amides is 4. The van der Waals surface area contributed by atoms with Crippen LogP contribution in [0.3, 0.4) is 0 Å². The van der Waals surface area contributed by atoms with Crippen molar-refractivity contribution in [1.82, 2.24) is 21.3 Å². The standard InChI is InChI=1S/C64H84N6O18S2/c1-63(2)48-19-7-9-22-52(48)69(37-13-5-6-24-56(71)66-36-39-86-40-41-87-43-57(72)65-35-12-11-21-50(60(75)76)67-62(79)68-51(61(77)78)31-34-58(73)74)54(63)32-25-44-17-16-18-45(59(44)88-46-27-29-47(30-28-46)90(83,84)85)26-33-55-64(3,4)49-20-8-10-23-53(49)70(55)38-14-15-42-89(80,81)82/h7-10,19-20,22-23,25-30,32-33,50-51H,5-6,11-18,21,24,31,34-43H2,1-4H3,(H8-,65,66,67,68,71,72,73,74,75,76,77,78,79,80,81,82,83,84,85)/p+1/t50-,51+/m1/s1. The number of hydrogen-bond acceptors (Lipinski definition) is 14. The minimum absolute atomic E-state index is 0.0166. The molecular formula is C64H85N6O18S2+. The Balaban J connectivity index is 0.997. The van der Waals surface area contributed by atoms with Gasteiger partial charge in [0, 0.05) is 73.4 Å². The van der Waals surface area contributed by atoms with Crippen LogP contribution in [0.2, 0.25) is 0 Å². The van der Waals surface area contributed by atoms with Crippen molar-refractivity contribution >= 4 is 73.1 Å². The number of benzene rings is 3. The van der Waals surface area contributed by atoms with E-state index < -0.39 is 74.0 Å². The van der Waals surface area contributed by atoms with Gasteiger partial charge in [0.15, 0.2) is 5.71 Å². The van der Waals surface area contributed by atoms with Crippen molar-refractivity contribution in [2.45, 2.75) is 145 Å². The molecule has 2 heterocycles. The highest BCUT2D eigenvalue weighted by atomic mass is 32.2. The number of para-hydroxylation sites is 2. The molecule has 0 aromatic heterocycles. The van der Waals surface area contributed by atoms with Crippen molar-refractivity contribution in [3.8, 4) is 5.75 Å². The van der Waals surface area contributed by atoms with Crippen LogP contribution in [0.25, 0.3) is 0 Å². The van der Waals surface area contributed by atoms with E-state index in [1.807, 2.05) is 24.3 Å².